The lowest BCUT2D eigenvalue weighted by atomic mass is 9.95. The number of carbonyl (C=O) groups excluding carboxylic acids is 2. The van der Waals surface area contributed by atoms with Gasteiger partial charge in [-0.3, -0.25) is 14.5 Å². The molecule has 5 heteroatoms. The van der Waals surface area contributed by atoms with Crippen LogP contribution in [0.3, 0.4) is 0 Å². The van der Waals surface area contributed by atoms with Crippen LogP contribution in [0.4, 0.5) is 0 Å². The van der Waals surface area contributed by atoms with E-state index in [2.05, 4.69) is 42.8 Å². The molecule has 0 N–H and O–H groups in total. The van der Waals surface area contributed by atoms with Crippen molar-refractivity contribution in [3.05, 3.63) is 40.6 Å². The van der Waals surface area contributed by atoms with E-state index in [1.54, 1.807) is 4.90 Å². The van der Waals surface area contributed by atoms with Crippen molar-refractivity contribution in [1.29, 1.82) is 0 Å². The first kappa shape index (κ1) is 21.1. The molecule has 4 rings (SSSR count). The fourth-order valence-electron chi connectivity index (χ4n) is 5.04. The quantitative estimate of drug-likeness (QED) is 0.714. The highest BCUT2D eigenvalue weighted by atomic mass is 16.2. The van der Waals surface area contributed by atoms with Crippen LogP contribution in [0.2, 0.25) is 0 Å². The maximum absolute atomic E-state index is 13.7. The minimum Gasteiger partial charge on any atom is -0.364 e. The maximum Gasteiger partial charge on any atom is 0.278 e. The van der Waals surface area contributed by atoms with Crippen LogP contribution < -0.4 is 0 Å². The summed E-state index contributed by atoms with van der Waals surface area (Å²) in [6.07, 6.45) is 7.76. The van der Waals surface area contributed by atoms with Gasteiger partial charge in [-0.2, -0.15) is 0 Å². The van der Waals surface area contributed by atoms with Crippen molar-refractivity contribution >= 4 is 17.4 Å². The highest BCUT2D eigenvalue weighted by Gasteiger charge is 2.44. The molecule has 30 heavy (non-hydrogen) atoms. The molecular weight excluding hydrogens is 374 g/mol. The molecule has 1 saturated heterocycles. The van der Waals surface area contributed by atoms with Gasteiger partial charge < -0.3 is 9.80 Å². The molecule has 1 aromatic carbocycles. The molecule has 3 aliphatic rings. The molecule has 2 amide bonds. The van der Waals surface area contributed by atoms with E-state index in [0.29, 0.717) is 11.3 Å². The number of aryl methyl sites for hydroxylation is 2. The van der Waals surface area contributed by atoms with E-state index < -0.39 is 0 Å². The summed E-state index contributed by atoms with van der Waals surface area (Å²) in [6, 6.07) is 6.20. The van der Waals surface area contributed by atoms with Crippen LogP contribution in [-0.2, 0) is 9.59 Å². The van der Waals surface area contributed by atoms with Crippen molar-refractivity contribution in [2.45, 2.75) is 64.8 Å². The SMILES string of the molecule is Cc1ccc(C2=C(N3CCN(C)CC3)C(=O)N(C3CCCCCCC3)C2=O)cc1C. The van der Waals surface area contributed by atoms with Gasteiger partial charge in [0.05, 0.1) is 5.57 Å². The minimum absolute atomic E-state index is 0.0387. The Kier molecular flexibility index (Phi) is 6.28. The van der Waals surface area contributed by atoms with Crippen LogP contribution in [0, 0.1) is 13.8 Å². The Labute approximate surface area is 180 Å². The van der Waals surface area contributed by atoms with Crippen molar-refractivity contribution in [3.63, 3.8) is 0 Å². The van der Waals surface area contributed by atoms with E-state index >= 15 is 0 Å². The van der Waals surface area contributed by atoms with Crippen molar-refractivity contribution in [2.75, 3.05) is 33.2 Å². The molecule has 1 saturated carbocycles. The van der Waals surface area contributed by atoms with Gasteiger partial charge in [0.25, 0.3) is 11.8 Å². The highest BCUT2D eigenvalue weighted by Crippen LogP contribution is 2.36. The third kappa shape index (κ3) is 4.04. The predicted molar refractivity (Wildman–Crippen MR) is 120 cm³/mol. The van der Waals surface area contributed by atoms with Gasteiger partial charge in [-0.05, 0) is 50.4 Å². The Morgan fingerprint density at radius 2 is 1.43 bits per heavy atom. The standard InChI is InChI=1S/C25H35N3O2/c1-18-11-12-20(17-19(18)2)22-23(27-15-13-26(3)14-16-27)25(30)28(24(22)29)21-9-7-5-4-6-8-10-21/h11-12,17,21H,4-10,13-16H2,1-3H3. The number of benzene rings is 1. The normalized spacial score (nSPS) is 22.6. The molecule has 2 heterocycles. The molecular formula is C25H35N3O2. The van der Waals surface area contributed by atoms with Crippen molar-refractivity contribution < 1.29 is 9.59 Å². The van der Waals surface area contributed by atoms with Crippen LogP contribution in [0.15, 0.2) is 23.9 Å². The van der Waals surface area contributed by atoms with Gasteiger partial charge in [-0.15, -0.1) is 0 Å². The zero-order valence-corrected chi connectivity index (χ0v) is 18.7. The van der Waals surface area contributed by atoms with E-state index in [9.17, 15) is 9.59 Å². The smallest absolute Gasteiger partial charge is 0.278 e. The third-order valence-corrected chi connectivity index (χ3v) is 7.15. The molecule has 2 aliphatic heterocycles. The molecule has 0 atom stereocenters. The van der Waals surface area contributed by atoms with Crippen molar-refractivity contribution in [2.24, 2.45) is 0 Å². The van der Waals surface area contributed by atoms with Gasteiger partial charge in [0.15, 0.2) is 0 Å². The topological polar surface area (TPSA) is 43.9 Å². The van der Waals surface area contributed by atoms with Gasteiger partial charge in [0.1, 0.15) is 5.70 Å². The largest absolute Gasteiger partial charge is 0.364 e. The second-order valence-electron chi connectivity index (χ2n) is 9.29. The second-order valence-corrected chi connectivity index (χ2v) is 9.29. The lowest BCUT2D eigenvalue weighted by molar-refractivity contribution is -0.140. The van der Waals surface area contributed by atoms with Crippen LogP contribution in [0.1, 0.15) is 61.6 Å². The van der Waals surface area contributed by atoms with Gasteiger partial charge in [-0.25, -0.2) is 0 Å². The Morgan fingerprint density at radius 3 is 2.07 bits per heavy atom. The van der Waals surface area contributed by atoms with E-state index in [1.807, 2.05) is 6.07 Å². The summed E-state index contributed by atoms with van der Waals surface area (Å²) in [5.41, 5.74) is 4.50. The third-order valence-electron chi connectivity index (χ3n) is 7.15. The number of amides is 2. The van der Waals surface area contributed by atoms with Crippen LogP contribution in [0.5, 0.6) is 0 Å². The average molecular weight is 410 g/mol. The Hall–Kier alpha value is -2.14. The predicted octanol–water partition coefficient (Wildman–Crippen LogP) is 3.74. The number of imide groups is 1. The number of likely N-dealkylation sites (N-methyl/N-ethyl adjacent to an activating group) is 1. The lowest BCUT2D eigenvalue weighted by Crippen LogP contribution is -2.47. The molecule has 0 aromatic heterocycles. The molecule has 2 fully saturated rings. The van der Waals surface area contributed by atoms with Crippen LogP contribution >= 0.6 is 0 Å². The van der Waals surface area contributed by atoms with E-state index in [1.165, 1.54) is 24.8 Å². The minimum atomic E-state index is -0.0808. The molecule has 5 nitrogen and oxygen atoms in total. The van der Waals surface area contributed by atoms with Gasteiger partial charge in [0, 0.05) is 32.2 Å². The van der Waals surface area contributed by atoms with Crippen LogP contribution in [-0.4, -0.2) is 65.8 Å². The monoisotopic (exact) mass is 409 g/mol. The highest BCUT2D eigenvalue weighted by molar-refractivity contribution is 6.35. The van der Waals surface area contributed by atoms with Crippen molar-refractivity contribution in [3.8, 4) is 0 Å². The lowest BCUT2D eigenvalue weighted by Gasteiger charge is -2.35. The van der Waals surface area contributed by atoms with Crippen LogP contribution in [0.25, 0.3) is 5.57 Å². The van der Waals surface area contributed by atoms with Crippen molar-refractivity contribution in [1.82, 2.24) is 14.7 Å². The van der Waals surface area contributed by atoms with E-state index in [0.717, 1.165) is 63.0 Å². The number of piperazine rings is 1. The summed E-state index contributed by atoms with van der Waals surface area (Å²) in [7, 11) is 2.11. The summed E-state index contributed by atoms with van der Waals surface area (Å²) in [4.78, 5) is 33.5. The number of carbonyl (C=O) groups is 2. The maximum atomic E-state index is 13.7. The summed E-state index contributed by atoms with van der Waals surface area (Å²) >= 11 is 0. The Bertz CT molecular complexity index is 844. The number of hydrogen-bond donors (Lipinski definition) is 0. The first-order valence-corrected chi connectivity index (χ1v) is 11.6. The molecule has 0 spiro atoms. The zero-order chi connectivity index (χ0) is 21.3. The first-order valence-electron chi connectivity index (χ1n) is 11.6. The zero-order valence-electron chi connectivity index (χ0n) is 18.7. The second kappa shape index (κ2) is 8.93. The molecule has 0 bridgehead atoms. The number of rotatable bonds is 3. The molecule has 162 valence electrons. The van der Waals surface area contributed by atoms with Gasteiger partial charge in [0.2, 0.25) is 0 Å². The molecule has 0 unspecified atom stereocenters. The molecule has 0 radical (unpaired) electrons. The summed E-state index contributed by atoms with van der Waals surface area (Å²) in [6.45, 7) is 7.55. The summed E-state index contributed by atoms with van der Waals surface area (Å²) in [5.74, 6) is -0.147. The summed E-state index contributed by atoms with van der Waals surface area (Å²) in [5, 5.41) is 0. The number of nitrogens with zero attached hydrogens (tertiary/aromatic N) is 3. The molecule has 1 aliphatic carbocycles. The molecule has 1 aromatic rings. The van der Waals surface area contributed by atoms with E-state index in [4.69, 9.17) is 0 Å². The fourth-order valence-corrected chi connectivity index (χ4v) is 5.04. The Morgan fingerprint density at radius 1 is 0.800 bits per heavy atom. The average Bonchev–Trinajstić information content (AvgIpc) is 2.95. The fraction of sp³-hybridized carbons (Fsp3) is 0.600. The van der Waals surface area contributed by atoms with E-state index in [-0.39, 0.29) is 17.9 Å². The Balaban J connectivity index is 1.73. The number of hydrogen-bond acceptors (Lipinski definition) is 4. The van der Waals surface area contributed by atoms with Gasteiger partial charge >= 0.3 is 0 Å². The first-order chi connectivity index (χ1) is 14.5. The summed E-state index contributed by atoms with van der Waals surface area (Å²) < 4.78 is 0. The van der Waals surface area contributed by atoms with Gasteiger partial charge in [-0.1, -0.05) is 50.3 Å².